The van der Waals surface area contributed by atoms with Crippen molar-refractivity contribution in [1.29, 1.82) is 0 Å². The van der Waals surface area contributed by atoms with Crippen LogP contribution in [0.2, 0.25) is 0 Å². The van der Waals surface area contributed by atoms with Crippen LogP contribution in [0.5, 0.6) is 0 Å². The number of sulfonamides is 1. The minimum Gasteiger partial charge on any atom is -0.271 e. The molecule has 2 rings (SSSR count). The van der Waals surface area contributed by atoms with Gasteiger partial charge in [-0.05, 0) is 25.1 Å². The van der Waals surface area contributed by atoms with Gasteiger partial charge in [0.25, 0.3) is 0 Å². The van der Waals surface area contributed by atoms with E-state index in [4.69, 9.17) is 0 Å². The third-order valence-electron chi connectivity index (χ3n) is 2.90. The molecule has 120 valence electrons. The molecule has 9 heteroatoms. The van der Waals surface area contributed by atoms with Crippen LogP contribution in [0, 0.1) is 6.92 Å². The Hall–Kier alpha value is -1.87. The summed E-state index contributed by atoms with van der Waals surface area (Å²) in [5.74, 6) is 0. The number of hydrogen-bond donors (Lipinski definition) is 1. The van der Waals surface area contributed by atoms with Crippen molar-refractivity contribution in [2.45, 2.75) is 24.5 Å². The molecule has 2 aromatic rings. The third-order valence-corrected chi connectivity index (χ3v) is 4.37. The Morgan fingerprint density at radius 2 is 1.82 bits per heavy atom. The van der Waals surface area contributed by atoms with Gasteiger partial charge in [0.05, 0.1) is 11.4 Å². The van der Waals surface area contributed by atoms with Crippen molar-refractivity contribution in [2.75, 3.05) is 6.54 Å². The predicted molar refractivity (Wildman–Crippen MR) is 73.6 cm³/mol. The van der Waals surface area contributed by atoms with Gasteiger partial charge in [-0.15, -0.1) is 0 Å². The number of hydrogen-bond acceptors (Lipinski definition) is 3. The fourth-order valence-electron chi connectivity index (χ4n) is 1.73. The van der Waals surface area contributed by atoms with Gasteiger partial charge in [-0.1, -0.05) is 17.7 Å². The summed E-state index contributed by atoms with van der Waals surface area (Å²) in [6.07, 6.45) is -3.35. The first-order valence-corrected chi connectivity index (χ1v) is 7.84. The maximum absolute atomic E-state index is 12.4. The number of halogens is 3. The van der Waals surface area contributed by atoms with Crippen molar-refractivity contribution in [1.82, 2.24) is 14.5 Å². The number of nitrogens with one attached hydrogen (secondary N) is 1. The molecule has 1 aromatic heterocycles. The molecule has 0 atom stereocenters. The van der Waals surface area contributed by atoms with Crippen molar-refractivity contribution in [3.05, 3.63) is 47.8 Å². The molecule has 1 heterocycles. The highest BCUT2D eigenvalue weighted by Crippen LogP contribution is 2.27. The molecule has 1 aromatic carbocycles. The van der Waals surface area contributed by atoms with Crippen LogP contribution in [0.3, 0.4) is 0 Å². The minimum atomic E-state index is -4.51. The zero-order valence-electron chi connectivity index (χ0n) is 11.6. The normalized spacial score (nSPS) is 12.5. The minimum absolute atomic E-state index is 0.00116. The van der Waals surface area contributed by atoms with Gasteiger partial charge in [-0.25, -0.2) is 13.1 Å². The van der Waals surface area contributed by atoms with Gasteiger partial charge in [-0.2, -0.15) is 18.3 Å². The van der Waals surface area contributed by atoms with E-state index in [0.29, 0.717) is 0 Å². The molecular weight excluding hydrogens is 319 g/mol. The number of benzene rings is 1. The molecule has 0 aliphatic heterocycles. The Labute approximate surface area is 125 Å². The van der Waals surface area contributed by atoms with E-state index in [-0.39, 0.29) is 18.0 Å². The maximum atomic E-state index is 12.4. The molecule has 5 nitrogen and oxygen atoms in total. The number of nitrogens with zero attached hydrogens (tertiary/aromatic N) is 2. The summed E-state index contributed by atoms with van der Waals surface area (Å²) in [6.45, 7) is 1.77. The van der Waals surface area contributed by atoms with Crippen LogP contribution < -0.4 is 4.72 Å². The second-order valence-corrected chi connectivity index (χ2v) is 6.44. The van der Waals surface area contributed by atoms with Crippen LogP contribution in [0.15, 0.2) is 41.4 Å². The van der Waals surface area contributed by atoms with Gasteiger partial charge in [0.15, 0.2) is 5.69 Å². The summed E-state index contributed by atoms with van der Waals surface area (Å²) in [7, 11) is -3.68. The zero-order valence-corrected chi connectivity index (χ0v) is 12.4. The third kappa shape index (κ3) is 4.08. The van der Waals surface area contributed by atoms with Gasteiger partial charge < -0.3 is 0 Å². The topological polar surface area (TPSA) is 64.0 Å². The Kier molecular flexibility index (Phi) is 4.57. The lowest BCUT2D eigenvalue weighted by Crippen LogP contribution is -2.27. The van der Waals surface area contributed by atoms with Gasteiger partial charge in [-0.3, -0.25) is 4.68 Å². The van der Waals surface area contributed by atoms with Gasteiger partial charge >= 0.3 is 6.18 Å². The molecule has 0 saturated carbocycles. The Balaban J connectivity index is 1.95. The summed E-state index contributed by atoms with van der Waals surface area (Å²) >= 11 is 0. The second-order valence-electron chi connectivity index (χ2n) is 4.67. The lowest BCUT2D eigenvalue weighted by atomic mass is 10.2. The fourth-order valence-corrected chi connectivity index (χ4v) is 2.75. The van der Waals surface area contributed by atoms with E-state index in [9.17, 15) is 21.6 Å². The number of rotatable bonds is 5. The van der Waals surface area contributed by atoms with E-state index in [2.05, 4.69) is 9.82 Å². The lowest BCUT2D eigenvalue weighted by molar-refractivity contribution is -0.141. The molecule has 0 aliphatic carbocycles. The standard InChI is InChI=1S/C13H14F3N3O2S/c1-10-2-4-11(5-3-10)22(20,21)17-7-9-19-8-6-12(18-19)13(14,15)16/h2-6,8,17H,7,9H2,1H3. The average molecular weight is 333 g/mol. The van der Waals surface area contributed by atoms with E-state index in [1.54, 1.807) is 12.1 Å². The summed E-state index contributed by atoms with van der Waals surface area (Å²) in [6, 6.07) is 7.10. The van der Waals surface area contributed by atoms with E-state index >= 15 is 0 Å². The fraction of sp³-hybridized carbons (Fsp3) is 0.308. The smallest absolute Gasteiger partial charge is 0.271 e. The Morgan fingerprint density at radius 3 is 2.36 bits per heavy atom. The van der Waals surface area contributed by atoms with Crippen molar-refractivity contribution >= 4 is 10.0 Å². The first-order valence-electron chi connectivity index (χ1n) is 6.35. The van der Waals surface area contributed by atoms with Crippen molar-refractivity contribution in [3.63, 3.8) is 0 Å². The highest BCUT2D eigenvalue weighted by molar-refractivity contribution is 7.89. The van der Waals surface area contributed by atoms with Crippen LogP contribution in [0.1, 0.15) is 11.3 Å². The van der Waals surface area contributed by atoms with E-state index in [0.717, 1.165) is 22.5 Å². The first-order chi connectivity index (χ1) is 10.2. The largest absolute Gasteiger partial charge is 0.435 e. The summed E-state index contributed by atoms with van der Waals surface area (Å²) in [5.41, 5.74) is -0.0796. The highest BCUT2D eigenvalue weighted by atomic mass is 32.2. The monoisotopic (exact) mass is 333 g/mol. The molecule has 0 unspecified atom stereocenters. The molecule has 0 amide bonds. The van der Waals surface area contributed by atoms with E-state index in [1.807, 2.05) is 6.92 Å². The highest BCUT2D eigenvalue weighted by Gasteiger charge is 2.33. The van der Waals surface area contributed by atoms with E-state index < -0.39 is 21.9 Å². The molecule has 0 saturated heterocycles. The lowest BCUT2D eigenvalue weighted by Gasteiger charge is -2.07. The first kappa shape index (κ1) is 16.5. The number of alkyl halides is 3. The Morgan fingerprint density at radius 1 is 1.18 bits per heavy atom. The molecule has 0 aliphatic rings. The van der Waals surface area contributed by atoms with Crippen LogP contribution in [-0.4, -0.2) is 24.7 Å². The van der Waals surface area contributed by atoms with E-state index in [1.165, 1.54) is 12.1 Å². The molecular formula is C13H14F3N3O2S. The maximum Gasteiger partial charge on any atom is 0.435 e. The quantitative estimate of drug-likeness (QED) is 0.912. The molecule has 1 N–H and O–H groups in total. The van der Waals surface area contributed by atoms with Crippen LogP contribution in [0.4, 0.5) is 13.2 Å². The van der Waals surface area contributed by atoms with Gasteiger partial charge in [0.2, 0.25) is 10.0 Å². The number of aromatic nitrogens is 2. The SMILES string of the molecule is Cc1ccc(S(=O)(=O)NCCn2ccc(C(F)(F)F)n2)cc1. The zero-order chi connectivity index (χ0) is 16.4. The summed E-state index contributed by atoms with van der Waals surface area (Å²) in [5, 5.41) is 3.34. The molecule has 0 spiro atoms. The molecule has 22 heavy (non-hydrogen) atoms. The van der Waals surface area contributed by atoms with Crippen LogP contribution in [-0.2, 0) is 22.7 Å². The summed E-state index contributed by atoms with van der Waals surface area (Å²) in [4.78, 5) is 0.106. The van der Waals surface area contributed by atoms with Crippen molar-refractivity contribution < 1.29 is 21.6 Å². The van der Waals surface area contributed by atoms with Crippen molar-refractivity contribution in [3.8, 4) is 0 Å². The molecule has 0 radical (unpaired) electrons. The van der Waals surface area contributed by atoms with Gasteiger partial charge in [0.1, 0.15) is 0 Å². The molecule has 0 fully saturated rings. The Bertz CT molecular complexity index is 737. The van der Waals surface area contributed by atoms with Gasteiger partial charge in [0, 0.05) is 12.7 Å². The van der Waals surface area contributed by atoms with Crippen molar-refractivity contribution in [2.24, 2.45) is 0 Å². The molecule has 0 bridgehead atoms. The predicted octanol–water partition coefficient (Wildman–Crippen LogP) is 2.19. The van der Waals surface area contributed by atoms with Crippen LogP contribution >= 0.6 is 0 Å². The number of aryl methyl sites for hydroxylation is 1. The second kappa shape index (κ2) is 6.09. The summed E-state index contributed by atoms with van der Waals surface area (Å²) < 4.78 is 64.5. The van der Waals surface area contributed by atoms with Crippen LogP contribution in [0.25, 0.3) is 0 Å². The average Bonchev–Trinajstić information content (AvgIpc) is 2.88.